The molecule has 2 fully saturated rings. The lowest BCUT2D eigenvalue weighted by atomic mass is 9.93. The predicted molar refractivity (Wildman–Crippen MR) is 109 cm³/mol. The summed E-state index contributed by atoms with van der Waals surface area (Å²) in [6, 6.07) is 8.95. The molecule has 3 atom stereocenters. The number of fused-ring (bicyclic) bond motifs is 1. The molecule has 0 unspecified atom stereocenters. The summed E-state index contributed by atoms with van der Waals surface area (Å²) in [5.41, 5.74) is 1.52. The number of carboxylic acid groups (broad SMARTS) is 1. The zero-order chi connectivity index (χ0) is 19.8. The molecule has 6 nitrogen and oxygen atoms in total. The molecular formula is C19H22N2O4S2. The van der Waals surface area contributed by atoms with Crippen molar-refractivity contribution in [1.29, 1.82) is 0 Å². The number of methoxy groups -OCH3 is 1. The van der Waals surface area contributed by atoms with Crippen LogP contribution in [0.4, 0.5) is 0 Å². The SMILES string of the molecule is COC(=O)/C=C1\N2[C@@H](C(=O)O)C(C)(C)S[C@@H]2[C@@]1(/N=C/c1ccccc1)SC. The van der Waals surface area contributed by atoms with E-state index in [4.69, 9.17) is 9.73 Å². The molecule has 0 aliphatic carbocycles. The number of carbonyl (C=O) groups excluding carboxylic acids is 1. The first-order valence-corrected chi connectivity index (χ1v) is 10.5. The zero-order valence-corrected chi connectivity index (χ0v) is 17.2. The highest BCUT2D eigenvalue weighted by atomic mass is 32.2. The topological polar surface area (TPSA) is 79.2 Å². The van der Waals surface area contributed by atoms with Crippen molar-refractivity contribution in [2.45, 2.75) is 34.9 Å². The third kappa shape index (κ3) is 3.25. The van der Waals surface area contributed by atoms with Crippen molar-refractivity contribution >= 4 is 41.7 Å². The molecule has 1 N–H and O–H groups in total. The quantitative estimate of drug-likeness (QED) is 0.458. The Balaban J connectivity index is 2.07. The first-order valence-electron chi connectivity index (χ1n) is 8.41. The van der Waals surface area contributed by atoms with E-state index in [1.165, 1.54) is 24.9 Å². The molecule has 3 rings (SSSR count). The van der Waals surface area contributed by atoms with Crippen molar-refractivity contribution in [2.24, 2.45) is 4.99 Å². The van der Waals surface area contributed by atoms with Gasteiger partial charge >= 0.3 is 11.9 Å². The minimum atomic E-state index is -0.910. The van der Waals surface area contributed by atoms with Crippen LogP contribution >= 0.6 is 23.5 Å². The van der Waals surface area contributed by atoms with E-state index in [1.807, 2.05) is 50.4 Å². The van der Waals surface area contributed by atoms with Gasteiger partial charge in [-0.2, -0.15) is 0 Å². The Morgan fingerprint density at radius 2 is 2.00 bits per heavy atom. The lowest BCUT2D eigenvalue weighted by molar-refractivity contribution is -0.145. The Hall–Kier alpha value is -1.93. The third-order valence-corrected chi connectivity index (χ3v) is 7.72. The second kappa shape index (κ2) is 7.24. The van der Waals surface area contributed by atoms with Crippen LogP contribution in [0.5, 0.6) is 0 Å². The number of esters is 1. The van der Waals surface area contributed by atoms with E-state index in [0.29, 0.717) is 5.70 Å². The molecule has 1 aromatic carbocycles. The van der Waals surface area contributed by atoms with Gasteiger partial charge in [0.25, 0.3) is 0 Å². The van der Waals surface area contributed by atoms with Crippen LogP contribution in [-0.4, -0.2) is 62.6 Å². The van der Waals surface area contributed by atoms with Gasteiger partial charge in [-0.3, -0.25) is 4.99 Å². The fourth-order valence-corrected chi connectivity index (χ4v) is 6.41. The van der Waals surface area contributed by atoms with Gasteiger partial charge in [-0.05, 0) is 25.7 Å². The number of benzene rings is 1. The van der Waals surface area contributed by atoms with E-state index < -0.39 is 27.6 Å². The molecule has 8 heteroatoms. The molecule has 0 bridgehead atoms. The maximum absolute atomic E-state index is 12.0. The molecule has 2 heterocycles. The Morgan fingerprint density at radius 1 is 1.33 bits per heavy atom. The molecule has 0 saturated carbocycles. The molecular weight excluding hydrogens is 384 g/mol. The van der Waals surface area contributed by atoms with Gasteiger partial charge in [0.15, 0.2) is 4.87 Å². The summed E-state index contributed by atoms with van der Waals surface area (Å²) >= 11 is 3.08. The zero-order valence-electron chi connectivity index (χ0n) is 15.6. The first-order chi connectivity index (χ1) is 12.8. The van der Waals surface area contributed by atoms with E-state index in [-0.39, 0.29) is 5.37 Å². The van der Waals surface area contributed by atoms with Crippen molar-refractivity contribution in [3.63, 3.8) is 0 Å². The Labute approximate surface area is 167 Å². The number of aliphatic imine (C=N–C) groups is 1. The lowest BCUT2D eigenvalue weighted by Gasteiger charge is -2.54. The summed E-state index contributed by atoms with van der Waals surface area (Å²) in [5, 5.41) is 9.61. The van der Waals surface area contributed by atoms with Crippen molar-refractivity contribution < 1.29 is 19.4 Å². The number of thioether (sulfide) groups is 2. The standard InChI is InChI=1S/C19H22N2O4S2/c1-18(2)15(16(23)24)21-13(10-14(22)25-3)19(26-4,17(21)27-18)20-11-12-8-6-5-7-9-12/h5-11,15,17H,1-4H3,(H,23,24)/b13-10-,20-11+/t15-,17+,19-/m0/s1. The monoisotopic (exact) mass is 406 g/mol. The van der Waals surface area contributed by atoms with Crippen molar-refractivity contribution in [3.05, 3.63) is 47.7 Å². The summed E-state index contributed by atoms with van der Waals surface area (Å²) in [4.78, 5) is 29.8. The number of hydrogen-bond acceptors (Lipinski definition) is 7. The Morgan fingerprint density at radius 3 is 2.56 bits per heavy atom. The third-order valence-electron chi connectivity index (χ3n) is 4.79. The lowest BCUT2D eigenvalue weighted by Crippen LogP contribution is -2.65. The van der Waals surface area contributed by atoms with Gasteiger partial charge in [0.05, 0.1) is 12.8 Å². The summed E-state index contributed by atoms with van der Waals surface area (Å²) in [6.07, 6.45) is 5.07. The van der Waals surface area contributed by atoms with Gasteiger partial charge in [0.2, 0.25) is 0 Å². The van der Waals surface area contributed by atoms with Gasteiger partial charge in [0, 0.05) is 17.0 Å². The smallest absolute Gasteiger partial charge is 0.332 e. The molecule has 27 heavy (non-hydrogen) atoms. The number of hydrogen-bond donors (Lipinski definition) is 1. The van der Waals surface area contributed by atoms with Gasteiger partial charge in [0.1, 0.15) is 11.4 Å². The van der Waals surface area contributed by atoms with E-state index in [1.54, 1.807) is 22.9 Å². The van der Waals surface area contributed by atoms with Gasteiger partial charge < -0.3 is 14.7 Å². The number of rotatable bonds is 5. The molecule has 2 aliphatic rings. The van der Waals surface area contributed by atoms with Crippen LogP contribution in [-0.2, 0) is 14.3 Å². The maximum Gasteiger partial charge on any atom is 0.332 e. The summed E-state index contributed by atoms with van der Waals surface area (Å²) in [6.45, 7) is 3.83. The van der Waals surface area contributed by atoms with Crippen LogP contribution in [0.25, 0.3) is 0 Å². The van der Waals surface area contributed by atoms with Crippen LogP contribution in [0.3, 0.4) is 0 Å². The van der Waals surface area contributed by atoms with E-state index in [2.05, 4.69) is 0 Å². The highest BCUT2D eigenvalue weighted by Gasteiger charge is 2.68. The summed E-state index contributed by atoms with van der Waals surface area (Å²) in [5.74, 6) is -1.43. The van der Waals surface area contributed by atoms with Crippen molar-refractivity contribution in [1.82, 2.24) is 4.90 Å². The van der Waals surface area contributed by atoms with E-state index in [0.717, 1.165) is 5.56 Å². The Bertz CT molecular complexity index is 809. The second-order valence-electron chi connectivity index (χ2n) is 6.84. The molecule has 2 aliphatic heterocycles. The average molecular weight is 407 g/mol. The first kappa shape index (κ1) is 19.8. The predicted octanol–water partition coefficient (Wildman–Crippen LogP) is 2.84. The molecule has 0 amide bonds. The normalized spacial score (nSPS) is 30.2. The highest BCUT2D eigenvalue weighted by molar-refractivity contribution is 8.05. The minimum absolute atomic E-state index is 0.181. The molecule has 2 saturated heterocycles. The fraction of sp³-hybridized carbons (Fsp3) is 0.421. The molecule has 0 spiro atoms. The number of carbonyl (C=O) groups is 2. The van der Waals surface area contributed by atoms with Crippen LogP contribution in [0.1, 0.15) is 19.4 Å². The molecule has 0 aromatic heterocycles. The van der Waals surface area contributed by atoms with E-state index in [9.17, 15) is 14.7 Å². The van der Waals surface area contributed by atoms with Crippen molar-refractivity contribution in [2.75, 3.05) is 13.4 Å². The highest BCUT2D eigenvalue weighted by Crippen LogP contribution is 2.63. The summed E-state index contributed by atoms with van der Waals surface area (Å²) in [7, 11) is 1.31. The van der Waals surface area contributed by atoms with Crippen LogP contribution < -0.4 is 0 Å². The van der Waals surface area contributed by atoms with E-state index >= 15 is 0 Å². The number of aliphatic carboxylic acids is 1. The Kier molecular flexibility index (Phi) is 5.31. The molecule has 144 valence electrons. The van der Waals surface area contributed by atoms with Crippen LogP contribution in [0.2, 0.25) is 0 Å². The van der Waals surface area contributed by atoms with Gasteiger partial charge in [-0.1, -0.05) is 30.3 Å². The average Bonchev–Trinajstić information content (AvgIpc) is 2.90. The number of nitrogens with zero attached hydrogens (tertiary/aromatic N) is 2. The number of carboxylic acids is 1. The molecule has 0 radical (unpaired) electrons. The number of ether oxygens (including phenoxy) is 1. The van der Waals surface area contributed by atoms with Crippen LogP contribution in [0, 0.1) is 0 Å². The fourth-order valence-electron chi connectivity index (χ4n) is 3.52. The van der Waals surface area contributed by atoms with Crippen molar-refractivity contribution in [3.8, 4) is 0 Å². The van der Waals surface area contributed by atoms with Crippen LogP contribution in [0.15, 0.2) is 47.1 Å². The largest absolute Gasteiger partial charge is 0.480 e. The maximum atomic E-state index is 12.0. The van der Waals surface area contributed by atoms with Gasteiger partial charge in [-0.15, -0.1) is 23.5 Å². The van der Waals surface area contributed by atoms with Gasteiger partial charge in [-0.25, -0.2) is 9.59 Å². The summed E-state index contributed by atoms with van der Waals surface area (Å²) < 4.78 is 4.27. The second-order valence-corrected chi connectivity index (χ2v) is 9.61. The molecule has 1 aromatic rings. The minimum Gasteiger partial charge on any atom is -0.480 e.